The van der Waals surface area contributed by atoms with Gasteiger partial charge in [-0.3, -0.25) is 4.99 Å². The zero-order valence-corrected chi connectivity index (χ0v) is 15.7. The van der Waals surface area contributed by atoms with Crippen LogP contribution in [0.2, 0.25) is 5.02 Å². The van der Waals surface area contributed by atoms with E-state index in [9.17, 15) is 0 Å². The lowest BCUT2D eigenvalue weighted by Crippen LogP contribution is -2.38. The first-order valence-electron chi connectivity index (χ1n) is 6.71. The predicted octanol–water partition coefficient (Wildman–Crippen LogP) is 1.99. The number of aromatic nitrogens is 3. The van der Waals surface area contributed by atoms with Crippen molar-refractivity contribution in [3.05, 3.63) is 47.0 Å². The van der Waals surface area contributed by atoms with E-state index >= 15 is 0 Å². The van der Waals surface area contributed by atoms with Gasteiger partial charge in [-0.05, 0) is 18.1 Å². The van der Waals surface area contributed by atoms with E-state index in [2.05, 4.69) is 25.8 Å². The molecule has 22 heavy (non-hydrogen) atoms. The number of benzene rings is 1. The Labute approximate surface area is 152 Å². The normalized spacial score (nSPS) is 11.0. The van der Waals surface area contributed by atoms with Gasteiger partial charge in [-0.25, -0.2) is 0 Å². The lowest BCUT2D eigenvalue weighted by atomic mass is 10.1. The quantitative estimate of drug-likeness (QED) is 0.429. The van der Waals surface area contributed by atoms with Gasteiger partial charge in [0.25, 0.3) is 0 Å². The van der Waals surface area contributed by atoms with Crippen LogP contribution in [-0.2, 0) is 20.0 Å². The summed E-state index contributed by atoms with van der Waals surface area (Å²) in [6, 6.07) is 7.85. The van der Waals surface area contributed by atoms with Crippen molar-refractivity contribution in [2.45, 2.75) is 13.0 Å². The number of guanidine groups is 1. The van der Waals surface area contributed by atoms with Gasteiger partial charge in [0.2, 0.25) is 0 Å². The highest BCUT2D eigenvalue weighted by Crippen LogP contribution is 2.14. The van der Waals surface area contributed by atoms with Crippen LogP contribution in [-0.4, -0.2) is 34.3 Å². The molecule has 0 saturated heterocycles. The van der Waals surface area contributed by atoms with Crippen molar-refractivity contribution in [2.75, 3.05) is 13.6 Å². The van der Waals surface area contributed by atoms with Crippen molar-refractivity contribution in [1.82, 2.24) is 25.4 Å². The summed E-state index contributed by atoms with van der Waals surface area (Å²) in [5, 5.41) is 15.1. The molecule has 0 bridgehead atoms. The lowest BCUT2D eigenvalue weighted by molar-refractivity contribution is 0.723. The van der Waals surface area contributed by atoms with Gasteiger partial charge >= 0.3 is 0 Å². The van der Waals surface area contributed by atoms with E-state index in [0.717, 1.165) is 35.3 Å². The molecule has 0 aliphatic heterocycles. The van der Waals surface area contributed by atoms with Crippen molar-refractivity contribution < 1.29 is 0 Å². The molecule has 2 rings (SSSR count). The molecule has 0 aliphatic carbocycles. The standard InChI is InChI=1S/C14H19ClN6.HI/c1-16-14(18-9-13-20-19-10-21(13)2)17-8-7-11-5-3-4-6-12(11)15;/h3-6,10H,7-9H2,1-2H3,(H2,16,17,18);1H. The second kappa shape index (κ2) is 9.62. The molecule has 120 valence electrons. The van der Waals surface area contributed by atoms with Crippen LogP contribution in [0.3, 0.4) is 0 Å². The van der Waals surface area contributed by atoms with E-state index in [-0.39, 0.29) is 24.0 Å². The zero-order valence-electron chi connectivity index (χ0n) is 12.6. The first kappa shape index (κ1) is 18.7. The Morgan fingerprint density at radius 1 is 1.32 bits per heavy atom. The fourth-order valence-corrected chi connectivity index (χ4v) is 2.10. The third kappa shape index (κ3) is 5.45. The molecule has 0 aliphatic rings. The maximum atomic E-state index is 6.13. The van der Waals surface area contributed by atoms with E-state index in [1.807, 2.05) is 35.9 Å². The van der Waals surface area contributed by atoms with Crippen LogP contribution in [0.1, 0.15) is 11.4 Å². The molecule has 0 spiro atoms. The summed E-state index contributed by atoms with van der Waals surface area (Å²) in [6.07, 6.45) is 2.51. The second-order valence-corrected chi connectivity index (χ2v) is 4.96. The number of rotatable bonds is 5. The fraction of sp³-hybridized carbons (Fsp3) is 0.357. The molecular weight excluding hydrogens is 415 g/mol. The Kier molecular flexibility index (Phi) is 8.18. The van der Waals surface area contributed by atoms with Crippen molar-refractivity contribution >= 4 is 41.5 Å². The van der Waals surface area contributed by atoms with Crippen LogP contribution in [0.25, 0.3) is 0 Å². The molecule has 0 saturated carbocycles. The highest BCUT2D eigenvalue weighted by Gasteiger charge is 2.03. The molecule has 6 nitrogen and oxygen atoms in total. The third-order valence-electron chi connectivity index (χ3n) is 3.09. The van der Waals surface area contributed by atoms with Crippen molar-refractivity contribution in [2.24, 2.45) is 12.0 Å². The average molecular weight is 435 g/mol. The number of halogens is 2. The summed E-state index contributed by atoms with van der Waals surface area (Å²) in [5.74, 6) is 1.58. The van der Waals surface area contributed by atoms with E-state index in [1.54, 1.807) is 13.4 Å². The van der Waals surface area contributed by atoms with Gasteiger partial charge in [0.1, 0.15) is 6.33 Å². The molecule has 8 heteroatoms. The summed E-state index contributed by atoms with van der Waals surface area (Å²) in [7, 11) is 3.64. The zero-order chi connectivity index (χ0) is 15.1. The summed E-state index contributed by atoms with van der Waals surface area (Å²) in [4.78, 5) is 4.17. The van der Waals surface area contributed by atoms with Crippen LogP contribution in [0.4, 0.5) is 0 Å². The lowest BCUT2D eigenvalue weighted by Gasteiger charge is -2.11. The molecule has 2 aromatic rings. The third-order valence-corrected chi connectivity index (χ3v) is 3.46. The Hall–Kier alpha value is -1.35. The first-order chi connectivity index (χ1) is 10.2. The van der Waals surface area contributed by atoms with E-state index in [1.165, 1.54) is 0 Å². The van der Waals surface area contributed by atoms with Gasteiger partial charge in [-0.1, -0.05) is 29.8 Å². The number of hydrogen-bond donors (Lipinski definition) is 2. The van der Waals surface area contributed by atoms with Gasteiger partial charge in [-0.2, -0.15) is 0 Å². The first-order valence-corrected chi connectivity index (χ1v) is 7.09. The molecule has 2 N–H and O–H groups in total. The minimum absolute atomic E-state index is 0. The summed E-state index contributed by atoms with van der Waals surface area (Å²) in [6.45, 7) is 1.32. The van der Waals surface area contributed by atoms with E-state index in [4.69, 9.17) is 11.6 Å². The van der Waals surface area contributed by atoms with Crippen LogP contribution < -0.4 is 10.6 Å². The highest BCUT2D eigenvalue weighted by atomic mass is 127. The number of aliphatic imine (C=N–C) groups is 1. The molecule has 1 aromatic carbocycles. The van der Waals surface area contributed by atoms with Crippen molar-refractivity contribution in [3.8, 4) is 0 Å². The maximum absolute atomic E-state index is 6.13. The van der Waals surface area contributed by atoms with Gasteiger partial charge in [0.15, 0.2) is 11.8 Å². The van der Waals surface area contributed by atoms with Crippen molar-refractivity contribution in [3.63, 3.8) is 0 Å². The predicted molar refractivity (Wildman–Crippen MR) is 99.8 cm³/mol. The topological polar surface area (TPSA) is 67.1 Å². The molecule has 0 amide bonds. The van der Waals surface area contributed by atoms with Gasteiger partial charge in [-0.15, -0.1) is 34.2 Å². The SMILES string of the molecule is CN=C(NCCc1ccccc1Cl)NCc1nncn1C.I. The Morgan fingerprint density at radius 2 is 2.09 bits per heavy atom. The minimum atomic E-state index is 0. The number of hydrogen-bond acceptors (Lipinski definition) is 3. The van der Waals surface area contributed by atoms with Crippen LogP contribution in [0.15, 0.2) is 35.6 Å². The van der Waals surface area contributed by atoms with Crippen LogP contribution in [0, 0.1) is 0 Å². The maximum Gasteiger partial charge on any atom is 0.191 e. The van der Waals surface area contributed by atoms with Crippen LogP contribution in [0.5, 0.6) is 0 Å². The molecule has 0 fully saturated rings. The Bertz CT molecular complexity index is 613. The molecule has 0 radical (unpaired) electrons. The van der Waals surface area contributed by atoms with Gasteiger partial charge in [0, 0.05) is 25.7 Å². The monoisotopic (exact) mass is 434 g/mol. The fourth-order valence-electron chi connectivity index (χ4n) is 1.87. The summed E-state index contributed by atoms with van der Waals surface area (Å²) >= 11 is 6.13. The number of aryl methyl sites for hydroxylation is 1. The molecular formula is C14H20ClIN6. The minimum Gasteiger partial charge on any atom is -0.356 e. The molecule has 1 heterocycles. The summed E-state index contributed by atoms with van der Waals surface area (Å²) in [5.41, 5.74) is 1.12. The van der Waals surface area contributed by atoms with E-state index < -0.39 is 0 Å². The second-order valence-electron chi connectivity index (χ2n) is 4.55. The van der Waals surface area contributed by atoms with E-state index in [0.29, 0.717) is 6.54 Å². The molecule has 0 unspecified atom stereocenters. The van der Waals surface area contributed by atoms with Gasteiger partial charge in [0.05, 0.1) is 6.54 Å². The van der Waals surface area contributed by atoms with Gasteiger partial charge < -0.3 is 15.2 Å². The van der Waals surface area contributed by atoms with Crippen LogP contribution >= 0.6 is 35.6 Å². The smallest absolute Gasteiger partial charge is 0.191 e. The highest BCUT2D eigenvalue weighted by molar-refractivity contribution is 14.0. The molecule has 0 atom stereocenters. The number of nitrogens with zero attached hydrogens (tertiary/aromatic N) is 4. The summed E-state index contributed by atoms with van der Waals surface area (Å²) < 4.78 is 1.87. The largest absolute Gasteiger partial charge is 0.356 e. The number of nitrogens with one attached hydrogen (secondary N) is 2. The average Bonchev–Trinajstić information content (AvgIpc) is 2.90. The Morgan fingerprint density at radius 3 is 2.73 bits per heavy atom. The van der Waals surface area contributed by atoms with Crippen molar-refractivity contribution in [1.29, 1.82) is 0 Å². The molecule has 1 aromatic heterocycles. The Balaban J connectivity index is 0.00000242.